The van der Waals surface area contributed by atoms with Crippen LogP contribution in [0.3, 0.4) is 0 Å². The Morgan fingerprint density at radius 3 is 3.05 bits per heavy atom. The minimum Gasteiger partial charge on any atom is -0.344 e. The lowest BCUT2D eigenvalue weighted by atomic mass is 10.2. The molecule has 20 heavy (non-hydrogen) atoms. The van der Waals surface area contributed by atoms with Gasteiger partial charge in [-0.3, -0.25) is 14.2 Å². The molecule has 8 nitrogen and oxygen atoms in total. The number of carbonyl (C=O) groups excluding carboxylic acids is 2. The smallest absolute Gasteiger partial charge is 0.248 e. The summed E-state index contributed by atoms with van der Waals surface area (Å²) in [6.07, 6.45) is 7.22. The third-order valence-electron chi connectivity index (χ3n) is 2.98. The second-order valence-corrected chi connectivity index (χ2v) is 4.38. The maximum absolute atomic E-state index is 12.0. The van der Waals surface area contributed by atoms with Crippen molar-refractivity contribution in [2.75, 3.05) is 5.32 Å². The normalized spacial score (nSPS) is 17.8. The van der Waals surface area contributed by atoms with E-state index in [4.69, 9.17) is 0 Å². The maximum atomic E-state index is 12.0. The molecule has 1 unspecified atom stereocenters. The molecule has 2 aromatic rings. The van der Waals surface area contributed by atoms with Crippen molar-refractivity contribution in [1.82, 2.24) is 24.8 Å². The Bertz CT molecular complexity index is 639. The Morgan fingerprint density at radius 1 is 1.45 bits per heavy atom. The van der Waals surface area contributed by atoms with Gasteiger partial charge in [0.2, 0.25) is 11.8 Å². The first-order valence-corrected chi connectivity index (χ1v) is 6.13. The van der Waals surface area contributed by atoms with Crippen molar-refractivity contribution in [3.63, 3.8) is 0 Å². The summed E-state index contributed by atoms with van der Waals surface area (Å²) in [6.45, 7) is 0. The maximum Gasteiger partial charge on any atom is 0.248 e. The van der Waals surface area contributed by atoms with E-state index in [-0.39, 0.29) is 11.8 Å². The fourth-order valence-corrected chi connectivity index (χ4v) is 1.98. The van der Waals surface area contributed by atoms with Gasteiger partial charge in [0.1, 0.15) is 30.3 Å². The largest absolute Gasteiger partial charge is 0.344 e. The van der Waals surface area contributed by atoms with Crippen LogP contribution in [0, 0.1) is 0 Å². The number of rotatable bonds is 3. The van der Waals surface area contributed by atoms with Gasteiger partial charge in [-0.1, -0.05) is 0 Å². The molecule has 3 heterocycles. The van der Waals surface area contributed by atoms with Crippen LogP contribution in [0.4, 0.5) is 5.82 Å². The van der Waals surface area contributed by atoms with Crippen LogP contribution in [0.5, 0.6) is 0 Å². The van der Waals surface area contributed by atoms with Crippen molar-refractivity contribution < 1.29 is 9.59 Å². The number of hydrogen-bond acceptors (Lipinski definition) is 5. The van der Waals surface area contributed by atoms with Gasteiger partial charge in [-0.2, -0.15) is 0 Å². The first kappa shape index (κ1) is 12.3. The van der Waals surface area contributed by atoms with E-state index >= 15 is 0 Å². The highest BCUT2D eigenvalue weighted by Crippen LogP contribution is 2.12. The molecule has 1 aliphatic heterocycles. The second kappa shape index (κ2) is 5.08. The summed E-state index contributed by atoms with van der Waals surface area (Å²) in [7, 11) is 0. The van der Waals surface area contributed by atoms with E-state index in [1.807, 2.05) is 0 Å². The molecule has 3 rings (SSSR count). The van der Waals surface area contributed by atoms with Gasteiger partial charge < -0.3 is 10.6 Å². The Hall–Kier alpha value is -2.77. The molecule has 2 aromatic heterocycles. The molecular formula is C12H12N6O2. The van der Waals surface area contributed by atoms with Crippen molar-refractivity contribution in [2.45, 2.75) is 18.9 Å². The molecule has 0 aliphatic carbocycles. The van der Waals surface area contributed by atoms with E-state index in [9.17, 15) is 9.59 Å². The molecular weight excluding hydrogens is 260 g/mol. The van der Waals surface area contributed by atoms with Crippen LogP contribution in [0.2, 0.25) is 0 Å². The number of nitrogens with one attached hydrogen (secondary N) is 2. The van der Waals surface area contributed by atoms with Crippen LogP contribution in [0.1, 0.15) is 12.8 Å². The molecule has 2 N–H and O–H groups in total. The summed E-state index contributed by atoms with van der Waals surface area (Å²) in [4.78, 5) is 35.1. The number of imidazole rings is 1. The van der Waals surface area contributed by atoms with E-state index in [0.29, 0.717) is 24.5 Å². The van der Waals surface area contributed by atoms with Gasteiger partial charge >= 0.3 is 0 Å². The molecule has 0 bridgehead atoms. The van der Waals surface area contributed by atoms with E-state index < -0.39 is 6.04 Å². The zero-order valence-electron chi connectivity index (χ0n) is 10.5. The van der Waals surface area contributed by atoms with Crippen molar-refractivity contribution in [3.05, 3.63) is 31.1 Å². The second-order valence-electron chi connectivity index (χ2n) is 4.38. The van der Waals surface area contributed by atoms with Crippen LogP contribution in [0.25, 0.3) is 5.82 Å². The minimum atomic E-state index is -0.492. The van der Waals surface area contributed by atoms with Gasteiger partial charge in [-0.05, 0) is 6.42 Å². The standard InChI is InChI=1S/C12H12N6O2/c19-11-2-1-8(16-11)12(20)17-9-5-10(15-6-14-9)18-4-3-13-7-18/h3-8H,1-2H2,(H,16,19)(H,14,15,17,20). The Labute approximate surface area is 114 Å². The molecule has 1 fully saturated rings. The van der Waals surface area contributed by atoms with Crippen LogP contribution in [-0.4, -0.2) is 37.4 Å². The predicted octanol–water partition coefficient (Wildman–Crippen LogP) is -0.121. The predicted molar refractivity (Wildman–Crippen MR) is 68.9 cm³/mol. The minimum absolute atomic E-state index is 0.105. The fraction of sp³-hybridized carbons (Fsp3) is 0.250. The number of carbonyl (C=O) groups is 2. The molecule has 0 aromatic carbocycles. The quantitative estimate of drug-likeness (QED) is 0.811. The zero-order valence-corrected chi connectivity index (χ0v) is 10.5. The number of hydrogen-bond donors (Lipinski definition) is 2. The lowest BCUT2D eigenvalue weighted by Gasteiger charge is -2.10. The first-order chi connectivity index (χ1) is 9.72. The summed E-state index contributed by atoms with van der Waals surface area (Å²) in [5.74, 6) is 0.608. The van der Waals surface area contributed by atoms with Crippen LogP contribution >= 0.6 is 0 Å². The van der Waals surface area contributed by atoms with Gasteiger partial charge in [0.05, 0.1) is 0 Å². The molecule has 1 atom stereocenters. The summed E-state index contributed by atoms with van der Waals surface area (Å²) in [5.41, 5.74) is 0. The first-order valence-electron chi connectivity index (χ1n) is 6.13. The number of aromatic nitrogens is 4. The van der Waals surface area contributed by atoms with Crippen molar-refractivity contribution in [2.24, 2.45) is 0 Å². The average Bonchev–Trinajstić information content (AvgIpc) is 3.10. The third-order valence-corrected chi connectivity index (χ3v) is 2.98. The summed E-state index contributed by atoms with van der Waals surface area (Å²) >= 11 is 0. The topological polar surface area (TPSA) is 102 Å². The summed E-state index contributed by atoms with van der Waals surface area (Å²) < 4.78 is 1.70. The highest BCUT2D eigenvalue weighted by Gasteiger charge is 2.27. The molecule has 0 radical (unpaired) electrons. The molecule has 102 valence electrons. The Morgan fingerprint density at radius 2 is 2.35 bits per heavy atom. The average molecular weight is 272 g/mol. The zero-order chi connectivity index (χ0) is 13.9. The van der Waals surface area contributed by atoms with E-state index in [0.717, 1.165) is 0 Å². The third kappa shape index (κ3) is 2.48. The van der Waals surface area contributed by atoms with Gasteiger partial charge in [0, 0.05) is 24.9 Å². The van der Waals surface area contributed by atoms with Crippen molar-refractivity contribution in [3.8, 4) is 5.82 Å². The van der Waals surface area contributed by atoms with Gasteiger partial charge in [0.25, 0.3) is 0 Å². The van der Waals surface area contributed by atoms with Gasteiger partial charge in [-0.25, -0.2) is 15.0 Å². The van der Waals surface area contributed by atoms with Crippen LogP contribution in [0.15, 0.2) is 31.1 Å². The summed E-state index contributed by atoms with van der Waals surface area (Å²) in [5, 5.41) is 5.27. The molecule has 1 saturated heterocycles. The monoisotopic (exact) mass is 272 g/mol. The molecule has 0 spiro atoms. The SMILES string of the molecule is O=C1CCC(C(=O)Nc2cc(-n3ccnc3)ncn2)N1. The molecule has 0 saturated carbocycles. The highest BCUT2D eigenvalue weighted by atomic mass is 16.2. The number of nitrogens with zero attached hydrogens (tertiary/aromatic N) is 4. The van der Waals surface area contributed by atoms with Gasteiger partial charge in [-0.15, -0.1) is 0 Å². The van der Waals surface area contributed by atoms with Crippen LogP contribution < -0.4 is 10.6 Å². The lowest BCUT2D eigenvalue weighted by Crippen LogP contribution is -2.37. The summed E-state index contributed by atoms with van der Waals surface area (Å²) in [6, 6.07) is 1.14. The highest BCUT2D eigenvalue weighted by molar-refractivity contribution is 5.98. The van der Waals surface area contributed by atoms with Crippen LogP contribution in [-0.2, 0) is 9.59 Å². The van der Waals surface area contributed by atoms with E-state index in [2.05, 4.69) is 25.6 Å². The van der Waals surface area contributed by atoms with E-state index in [1.54, 1.807) is 29.4 Å². The fourth-order valence-electron chi connectivity index (χ4n) is 1.98. The Kier molecular flexibility index (Phi) is 3.12. The van der Waals surface area contributed by atoms with Crippen molar-refractivity contribution >= 4 is 17.6 Å². The van der Waals surface area contributed by atoms with Gasteiger partial charge in [0.15, 0.2) is 0 Å². The molecule has 2 amide bonds. The van der Waals surface area contributed by atoms with E-state index in [1.165, 1.54) is 6.33 Å². The lowest BCUT2D eigenvalue weighted by molar-refractivity contribution is -0.122. The Balaban J connectivity index is 1.73. The van der Waals surface area contributed by atoms with Crippen molar-refractivity contribution in [1.29, 1.82) is 0 Å². The molecule has 1 aliphatic rings. The number of amides is 2. The number of anilines is 1. The molecule has 8 heteroatoms.